The zero-order valence-corrected chi connectivity index (χ0v) is 12.6. The maximum Gasteiger partial charge on any atom is 0.243 e. The summed E-state index contributed by atoms with van der Waals surface area (Å²) in [5.41, 5.74) is 2.56. The molecule has 0 spiro atoms. The normalized spacial score (nSPS) is 23.2. The van der Waals surface area contributed by atoms with Gasteiger partial charge < -0.3 is 9.80 Å². The number of hydrazine groups is 1. The van der Waals surface area contributed by atoms with Crippen molar-refractivity contribution in [1.29, 1.82) is 0 Å². The molecule has 1 aromatic heterocycles. The third-order valence-electron chi connectivity index (χ3n) is 3.75. The summed E-state index contributed by atoms with van der Waals surface area (Å²) < 4.78 is 0. The number of rotatable bonds is 3. The highest BCUT2D eigenvalue weighted by atomic mass is 32.2. The maximum absolute atomic E-state index is 5.51. The smallest absolute Gasteiger partial charge is 0.243 e. The summed E-state index contributed by atoms with van der Waals surface area (Å²) in [5, 5.41) is 0. The molecule has 0 bridgehead atoms. The summed E-state index contributed by atoms with van der Waals surface area (Å²) in [5.74, 6) is 9.65. The molecule has 8 heteroatoms. The van der Waals surface area contributed by atoms with Crippen LogP contribution in [-0.4, -0.2) is 52.1 Å². The van der Waals surface area contributed by atoms with Crippen LogP contribution in [0.1, 0.15) is 19.8 Å². The van der Waals surface area contributed by atoms with Crippen molar-refractivity contribution >= 4 is 29.6 Å². The molecule has 1 unspecified atom stereocenters. The van der Waals surface area contributed by atoms with E-state index in [2.05, 4.69) is 37.1 Å². The van der Waals surface area contributed by atoms with E-state index in [9.17, 15) is 0 Å². The molecule has 0 aliphatic carbocycles. The van der Waals surface area contributed by atoms with Crippen LogP contribution in [0.4, 0.5) is 17.8 Å². The van der Waals surface area contributed by atoms with Crippen molar-refractivity contribution in [2.24, 2.45) is 5.84 Å². The van der Waals surface area contributed by atoms with E-state index in [4.69, 9.17) is 5.84 Å². The van der Waals surface area contributed by atoms with Crippen LogP contribution in [0.25, 0.3) is 0 Å². The Balaban J connectivity index is 1.90. The van der Waals surface area contributed by atoms with E-state index in [0.717, 1.165) is 43.0 Å². The van der Waals surface area contributed by atoms with Crippen LogP contribution < -0.4 is 21.1 Å². The first-order valence-corrected chi connectivity index (χ1v) is 8.25. The number of hydrogen-bond acceptors (Lipinski definition) is 8. The van der Waals surface area contributed by atoms with Crippen molar-refractivity contribution in [3.8, 4) is 0 Å². The molecule has 1 aromatic rings. The molecule has 0 amide bonds. The highest BCUT2D eigenvalue weighted by Gasteiger charge is 2.24. The maximum atomic E-state index is 5.51. The molecule has 3 rings (SSSR count). The number of nitrogens with two attached hydrogens (primary N) is 1. The Morgan fingerprint density at radius 3 is 2.60 bits per heavy atom. The van der Waals surface area contributed by atoms with Gasteiger partial charge in [0.25, 0.3) is 0 Å². The third kappa shape index (κ3) is 2.76. The van der Waals surface area contributed by atoms with Gasteiger partial charge in [-0.2, -0.15) is 26.7 Å². The van der Waals surface area contributed by atoms with Crippen molar-refractivity contribution in [3.05, 3.63) is 0 Å². The molecule has 0 radical (unpaired) electrons. The van der Waals surface area contributed by atoms with Crippen LogP contribution >= 0.6 is 11.8 Å². The molecule has 3 heterocycles. The second kappa shape index (κ2) is 6.01. The standard InChI is InChI=1S/C12H21N7S/c1-9-8-20-7-6-19(9)12-15-10(17-13)14-11(16-12)18-4-2-3-5-18/h9H,2-8,13H2,1H3,(H,14,15,16,17). The minimum atomic E-state index is 0.438. The minimum Gasteiger partial charge on any atom is -0.341 e. The van der Waals surface area contributed by atoms with E-state index < -0.39 is 0 Å². The highest BCUT2D eigenvalue weighted by molar-refractivity contribution is 7.99. The van der Waals surface area contributed by atoms with Crippen molar-refractivity contribution < 1.29 is 0 Å². The summed E-state index contributed by atoms with van der Waals surface area (Å²) >= 11 is 1.98. The van der Waals surface area contributed by atoms with Crippen molar-refractivity contribution in [1.82, 2.24) is 15.0 Å². The number of hydrogen-bond donors (Lipinski definition) is 2. The largest absolute Gasteiger partial charge is 0.341 e. The molecule has 2 aliphatic heterocycles. The molecule has 0 aromatic carbocycles. The molecule has 1 atom stereocenters. The topological polar surface area (TPSA) is 83.2 Å². The lowest BCUT2D eigenvalue weighted by molar-refractivity contribution is 0.673. The Bertz CT molecular complexity index is 463. The van der Waals surface area contributed by atoms with Crippen LogP contribution in [-0.2, 0) is 0 Å². The monoisotopic (exact) mass is 295 g/mol. The summed E-state index contributed by atoms with van der Waals surface area (Å²) in [6.07, 6.45) is 2.40. The van der Waals surface area contributed by atoms with Crippen molar-refractivity contribution in [2.45, 2.75) is 25.8 Å². The predicted molar refractivity (Wildman–Crippen MR) is 83.2 cm³/mol. The first-order valence-electron chi connectivity index (χ1n) is 7.10. The Morgan fingerprint density at radius 1 is 1.15 bits per heavy atom. The molecule has 3 N–H and O–H groups in total. The number of nitrogen functional groups attached to an aromatic ring is 1. The van der Waals surface area contributed by atoms with E-state index in [-0.39, 0.29) is 0 Å². The zero-order valence-electron chi connectivity index (χ0n) is 11.7. The first-order chi connectivity index (χ1) is 9.78. The third-order valence-corrected chi connectivity index (χ3v) is 4.94. The van der Waals surface area contributed by atoms with Crippen LogP contribution in [0.5, 0.6) is 0 Å². The summed E-state index contributed by atoms with van der Waals surface area (Å²) in [6, 6.07) is 0.438. The Morgan fingerprint density at radius 2 is 1.90 bits per heavy atom. The molecule has 2 aliphatic rings. The van der Waals surface area contributed by atoms with Crippen LogP contribution in [0, 0.1) is 0 Å². The summed E-state index contributed by atoms with van der Waals surface area (Å²) in [4.78, 5) is 17.9. The quantitative estimate of drug-likeness (QED) is 0.623. The van der Waals surface area contributed by atoms with Crippen LogP contribution in [0.15, 0.2) is 0 Å². The molecule has 20 heavy (non-hydrogen) atoms. The Kier molecular flexibility index (Phi) is 4.11. The van der Waals surface area contributed by atoms with Gasteiger partial charge in [0.2, 0.25) is 17.8 Å². The molecule has 110 valence electrons. The van der Waals surface area contributed by atoms with E-state index >= 15 is 0 Å². The molecule has 2 fully saturated rings. The van der Waals surface area contributed by atoms with Gasteiger partial charge in [-0.05, 0) is 19.8 Å². The fourth-order valence-electron chi connectivity index (χ4n) is 2.63. The van der Waals surface area contributed by atoms with Crippen molar-refractivity contribution in [2.75, 3.05) is 46.4 Å². The number of nitrogens with zero attached hydrogens (tertiary/aromatic N) is 5. The summed E-state index contributed by atoms with van der Waals surface area (Å²) in [6.45, 7) is 5.21. The molecule has 7 nitrogen and oxygen atoms in total. The lowest BCUT2D eigenvalue weighted by Crippen LogP contribution is -2.42. The van der Waals surface area contributed by atoms with Gasteiger partial charge in [-0.1, -0.05) is 0 Å². The van der Waals surface area contributed by atoms with Gasteiger partial charge in [0.15, 0.2) is 0 Å². The van der Waals surface area contributed by atoms with Crippen molar-refractivity contribution in [3.63, 3.8) is 0 Å². The van der Waals surface area contributed by atoms with E-state index in [1.165, 1.54) is 12.8 Å². The molecular formula is C12H21N7S. The minimum absolute atomic E-state index is 0.438. The van der Waals surface area contributed by atoms with Gasteiger partial charge >= 0.3 is 0 Å². The zero-order chi connectivity index (χ0) is 13.9. The number of aromatic nitrogens is 3. The number of anilines is 3. The fraction of sp³-hybridized carbons (Fsp3) is 0.750. The van der Waals surface area contributed by atoms with Crippen LogP contribution in [0.3, 0.4) is 0 Å². The summed E-state index contributed by atoms with van der Waals surface area (Å²) in [7, 11) is 0. The molecular weight excluding hydrogens is 274 g/mol. The average molecular weight is 295 g/mol. The lowest BCUT2D eigenvalue weighted by atomic mass is 10.3. The molecule has 2 saturated heterocycles. The van der Waals surface area contributed by atoms with Gasteiger partial charge in [-0.15, -0.1) is 0 Å². The van der Waals surface area contributed by atoms with E-state index in [1.807, 2.05) is 11.8 Å². The fourth-order valence-corrected chi connectivity index (χ4v) is 3.64. The van der Waals surface area contributed by atoms with E-state index in [1.54, 1.807) is 0 Å². The predicted octanol–water partition coefficient (Wildman–Crippen LogP) is 0.699. The van der Waals surface area contributed by atoms with Crippen LogP contribution in [0.2, 0.25) is 0 Å². The van der Waals surface area contributed by atoms with Gasteiger partial charge in [-0.25, -0.2) is 5.84 Å². The first kappa shape index (κ1) is 13.7. The van der Waals surface area contributed by atoms with Gasteiger partial charge in [0.1, 0.15) is 0 Å². The van der Waals surface area contributed by atoms with Gasteiger partial charge in [-0.3, -0.25) is 5.43 Å². The average Bonchev–Trinajstić information content (AvgIpc) is 3.01. The highest BCUT2D eigenvalue weighted by Crippen LogP contribution is 2.24. The second-order valence-electron chi connectivity index (χ2n) is 5.21. The SMILES string of the molecule is CC1CSCCN1c1nc(NN)nc(N2CCCC2)n1. The van der Waals surface area contributed by atoms with Gasteiger partial charge in [0, 0.05) is 37.2 Å². The molecule has 0 saturated carbocycles. The lowest BCUT2D eigenvalue weighted by Gasteiger charge is -2.33. The van der Waals surface area contributed by atoms with E-state index in [0.29, 0.717) is 12.0 Å². The number of nitrogens with one attached hydrogen (secondary N) is 1. The number of thioether (sulfide) groups is 1. The van der Waals surface area contributed by atoms with Gasteiger partial charge in [0.05, 0.1) is 0 Å². The Labute approximate surface area is 123 Å². The Hall–Kier alpha value is -1.28. The second-order valence-corrected chi connectivity index (χ2v) is 6.36.